The minimum atomic E-state index is -1.15. The van der Waals surface area contributed by atoms with E-state index in [1.54, 1.807) is 0 Å². The molecule has 2 rings (SSSR count). The van der Waals surface area contributed by atoms with E-state index in [1.165, 1.54) is 11.0 Å². The summed E-state index contributed by atoms with van der Waals surface area (Å²) >= 11 is 0. The summed E-state index contributed by atoms with van der Waals surface area (Å²) in [6.07, 6.45) is -2.58. The van der Waals surface area contributed by atoms with Crippen molar-refractivity contribution < 1.29 is 20.1 Å². The molecule has 2 heterocycles. The lowest BCUT2D eigenvalue weighted by molar-refractivity contribution is -0.0589. The number of nitrogens with two attached hydrogens (primary N) is 1. The molecule has 0 spiro atoms. The lowest BCUT2D eigenvalue weighted by Crippen LogP contribution is -2.33. The molecule has 0 aromatic carbocycles. The maximum Gasteiger partial charge on any atom is 0.180 e. The summed E-state index contributed by atoms with van der Waals surface area (Å²) in [4.78, 5) is 3.88. The Hall–Kier alpha value is -1.06. The van der Waals surface area contributed by atoms with Gasteiger partial charge in [-0.3, -0.25) is 0 Å². The number of rotatable bonds is 3. The summed E-state index contributed by atoms with van der Waals surface area (Å²) in [5.74, 6) is 0.415. The Morgan fingerprint density at radius 3 is 2.69 bits per heavy atom. The molecular weight excluding hydrogens is 216 g/mol. The van der Waals surface area contributed by atoms with Crippen LogP contribution in [0.25, 0.3) is 0 Å². The fourth-order valence-electron chi connectivity index (χ4n) is 1.63. The van der Waals surface area contributed by atoms with Crippen LogP contribution in [0.5, 0.6) is 0 Å². The maximum atomic E-state index is 9.69. The first-order valence-electron chi connectivity index (χ1n) is 4.90. The second-order valence-electron chi connectivity index (χ2n) is 3.57. The van der Waals surface area contributed by atoms with Gasteiger partial charge in [-0.05, 0) is 0 Å². The third-order valence-electron chi connectivity index (χ3n) is 2.52. The fraction of sp³-hybridized carbons (Fsp3) is 0.750. The van der Waals surface area contributed by atoms with Crippen LogP contribution in [-0.4, -0.2) is 55.0 Å². The quantitative estimate of drug-likeness (QED) is 0.446. The predicted octanol–water partition coefficient (Wildman–Crippen LogP) is -2.65. The number of hydrogen-bond donors (Lipinski definition) is 4. The molecule has 4 atom stereocenters. The molecule has 0 saturated carbocycles. The standard InChI is InChI=1S/C8H14N4O4/c9-1-5-10-3-12(11-5)8-7(15)6(14)4(2-13)16-8/h3-4,6-8,13-15H,1-2,9H2/t4-,6?,7?,8-/m1/s1. The molecule has 8 nitrogen and oxygen atoms in total. The molecule has 0 bridgehead atoms. The average Bonchev–Trinajstić information content (AvgIpc) is 2.86. The number of aromatic nitrogens is 3. The summed E-state index contributed by atoms with van der Waals surface area (Å²) in [5.41, 5.74) is 5.35. The smallest absolute Gasteiger partial charge is 0.180 e. The molecular formula is C8H14N4O4. The van der Waals surface area contributed by atoms with Crippen molar-refractivity contribution in [2.45, 2.75) is 31.1 Å². The van der Waals surface area contributed by atoms with Gasteiger partial charge in [0.25, 0.3) is 0 Å². The van der Waals surface area contributed by atoms with Crippen molar-refractivity contribution >= 4 is 0 Å². The number of nitrogens with zero attached hydrogens (tertiary/aromatic N) is 3. The molecule has 0 radical (unpaired) electrons. The van der Waals surface area contributed by atoms with E-state index in [4.69, 9.17) is 15.6 Å². The van der Waals surface area contributed by atoms with E-state index in [9.17, 15) is 10.2 Å². The highest BCUT2D eigenvalue weighted by Crippen LogP contribution is 2.28. The van der Waals surface area contributed by atoms with Gasteiger partial charge in [-0.25, -0.2) is 9.67 Å². The van der Waals surface area contributed by atoms with Gasteiger partial charge in [0.15, 0.2) is 12.1 Å². The van der Waals surface area contributed by atoms with E-state index in [1.807, 2.05) is 0 Å². The zero-order valence-electron chi connectivity index (χ0n) is 8.47. The number of aliphatic hydroxyl groups is 3. The highest BCUT2D eigenvalue weighted by molar-refractivity contribution is 4.90. The van der Waals surface area contributed by atoms with Gasteiger partial charge < -0.3 is 25.8 Å². The van der Waals surface area contributed by atoms with Crippen LogP contribution in [0.4, 0.5) is 0 Å². The Morgan fingerprint density at radius 1 is 1.44 bits per heavy atom. The molecule has 8 heteroatoms. The first kappa shape index (κ1) is 11.4. The third-order valence-corrected chi connectivity index (χ3v) is 2.52. The van der Waals surface area contributed by atoms with Gasteiger partial charge in [-0.1, -0.05) is 0 Å². The molecule has 1 aromatic rings. The first-order valence-corrected chi connectivity index (χ1v) is 4.90. The van der Waals surface area contributed by atoms with Gasteiger partial charge in [0, 0.05) is 0 Å². The first-order chi connectivity index (χ1) is 7.67. The number of hydrogen-bond acceptors (Lipinski definition) is 7. The molecule has 16 heavy (non-hydrogen) atoms. The van der Waals surface area contributed by atoms with Crippen LogP contribution in [0.2, 0.25) is 0 Å². The minimum Gasteiger partial charge on any atom is -0.394 e. The normalized spacial score (nSPS) is 34.5. The van der Waals surface area contributed by atoms with Gasteiger partial charge in [0.2, 0.25) is 0 Å². The topological polar surface area (TPSA) is 127 Å². The summed E-state index contributed by atoms with van der Waals surface area (Å²) in [6, 6.07) is 0. The fourth-order valence-corrected chi connectivity index (χ4v) is 1.63. The van der Waals surface area contributed by atoms with Gasteiger partial charge in [-0.15, -0.1) is 0 Å². The monoisotopic (exact) mass is 230 g/mol. The third kappa shape index (κ3) is 1.81. The van der Waals surface area contributed by atoms with Gasteiger partial charge >= 0.3 is 0 Å². The highest BCUT2D eigenvalue weighted by atomic mass is 16.6. The highest BCUT2D eigenvalue weighted by Gasteiger charge is 2.43. The summed E-state index contributed by atoms with van der Waals surface area (Å²) in [5, 5.41) is 32.1. The second-order valence-corrected chi connectivity index (χ2v) is 3.57. The Labute approximate surface area is 91.3 Å². The molecule has 1 aliphatic heterocycles. The van der Waals surface area contributed by atoms with Crippen molar-refractivity contribution in [3.05, 3.63) is 12.2 Å². The van der Waals surface area contributed by atoms with Crippen molar-refractivity contribution in [3.8, 4) is 0 Å². The molecule has 1 aliphatic rings. The molecule has 2 unspecified atom stereocenters. The summed E-state index contributed by atoms with van der Waals surface area (Å²) in [6.45, 7) is -0.186. The molecule has 0 amide bonds. The lowest BCUT2D eigenvalue weighted by atomic mass is 10.1. The van der Waals surface area contributed by atoms with Crippen molar-refractivity contribution in [2.75, 3.05) is 6.61 Å². The van der Waals surface area contributed by atoms with Gasteiger partial charge in [0.05, 0.1) is 13.2 Å². The van der Waals surface area contributed by atoms with Gasteiger partial charge in [-0.2, -0.15) is 5.10 Å². The largest absolute Gasteiger partial charge is 0.394 e. The van der Waals surface area contributed by atoms with Crippen LogP contribution < -0.4 is 5.73 Å². The van der Waals surface area contributed by atoms with E-state index in [0.717, 1.165) is 0 Å². The minimum absolute atomic E-state index is 0.182. The average molecular weight is 230 g/mol. The Morgan fingerprint density at radius 2 is 2.19 bits per heavy atom. The molecule has 1 fully saturated rings. The summed E-state index contributed by atoms with van der Waals surface area (Å²) < 4.78 is 6.53. The zero-order chi connectivity index (χ0) is 11.7. The second kappa shape index (κ2) is 4.44. The van der Waals surface area contributed by atoms with E-state index >= 15 is 0 Å². The van der Waals surface area contributed by atoms with Crippen LogP contribution in [-0.2, 0) is 11.3 Å². The van der Waals surface area contributed by atoms with Crippen LogP contribution in [0.3, 0.4) is 0 Å². The Kier molecular flexibility index (Phi) is 3.17. The number of ether oxygens (including phenoxy) is 1. The Bertz CT molecular complexity index is 358. The Balaban J connectivity index is 2.16. The van der Waals surface area contributed by atoms with Crippen LogP contribution in [0, 0.1) is 0 Å². The van der Waals surface area contributed by atoms with Crippen molar-refractivity contribution in [1.82, 2.24) is 14.8 Å². The summed E-state index contributed by atoms with van der Waals surface area (Å²) in [7, 11) is 0. The van der Waals surface area contributed by atoms with Crippen molar-refractivity contribution in [1.29, 1.82) is 0 Å². The predicted molar refractivity (Wildman–Crippen MR) is 50.9 cm³/mol. The zero-order valence-corrected chi connectivity index (χ0v) is 8.47. The van der Waals surface area contributed by atoms with Crippen LogP contribution in [0.15, 0.2) is 6.33 Å². The van der Waals surface area contributed by atoms with E-state index < -0.39 is 24.5 Å². The van der Waals surface area contributed by atoms with E-state index in [-0.39, 0.29) is 13.2 Å². The van der Waals surface area contributed by atoms with E-state index in [0.29, 0.717) is 5.82 Å². The van der Waals surface area contributed by atoms with Gasteiger partial charge in [0.1, 0.15) is 24.6 Å². The molecule has 1 saturated heterocycles. The molecule has 1 aromatic heterocycles. The SMILES string of the molecule is NCc1ncn([C@@H]2O[C@H](CO)C(O)C2O)n1. The number of aliphatic hydroxyl groups excluding tert-OH is 3. The van der Waals surface area contributed by atoms with Crippen LogP contribution in [0.1, 0.15) is 12.1 Å². The molecule has 90 valence electrons. The van der Waals surface area contributed by atoms with Crippen molar-refractivity contribution in [3.63, 3.8) is 0 Å². The molecule has 0 aliphatic carbocycles. The molecule has 5 N–H and O–H groups in total. The lowest BCUT2D eigenvalue weighted by Gasteiger charge is -2.13. The van der Waals surface area contributed by atoms with E-state index in [2.05, 4.69) is 10.1 Å². The van der Waals surface area contributed by atoms with Crippen LogP contribution >= 0.6 is 0 Å². The maximum absolute atomic E-state index is 9.69. The van der Waals surface area contributed by atoms with Crippen molar-refractivity contribution in [2.24, 2.45) is 5.73 Å².